The molecule has 0 unspecified atom stereocenters. The Labute approximate surface area is 244 Å². The van der Waals surface area contributed by atoms with Crippen molar-refractivity contribution in [3.05, 3.63) is 117 Å². The molecular weight excluding hydrogens is 566 g/mol. The molecule has 0 bridgehead atoms. The van der Waals surface area contributed by atoms with Crippen LogP contribution in [-0.2, 0) is 9.59 Å². The zero-order valence-corrected chi connectivity index (χ0v) is 22.6. The number of Topliss-reactive ketones (excluding diaryl/α,β-unsaturated/α-hetero) is 1. The molecule has 1 saturated heterocycles. The average molecular weight is 588 g/mol. The van der Waals surface area contributed by atoms with Crippen LogP contribution >= 0.6 is 11.6 Å². The standard InChI is InChI=1S/C30H22ClN3O8/c31-25-8-4-3-7-24(25)27(36)32(33-28(37)22-5-1-2-6-23(22)29(33)38)17-26(35)18-11-15-21(16-12-18)42-30(39)19-9-13-20(14-10-19)34(40)41/h1-4,7-16,22-23H,5-6,17H2/t22-,23-/m0/s1. The SMILES string of the molecule is O=C(CN(C(=O)c1ccccc1Cl)N1C(=O)[C@H]2CC=CC[C@@H]2C1=O)c1ccc(OC(=O)c2ccc([N+](=O)[O-])cc2)cc1. The molecule has 3 aromatic rings. The van der Waals surface area contributed by atoms with Gasteiger partial charge >= 0.3 is 5.97 Å². The molecule has 12 heteroatoms. The number of nitro benzene ring substituents is 1. The van der Waals surface area contributed by atoms with E-state index in [9.17, 15) is 34.1 Å². The second-order valence-electron chi connectivity index (χ2n) is 9.63. The summed E-state index contributed by atoms with van der Waals surface area (Å²) in [4.78, 5) is 76.2. The predicted octanol–water partition coefficient (Wildman–Crippen LogP) is 4.66. The topological polar surface area (TPSA) is 144 Å². The molecule has 212 valence electrons. The molecule has 3 amide bonds. The highest BCUT2D eigenvalue weighted by Crippen LogP contribution is 2.36. The van der Waals surface area contributed by atoms with Gasteiger partial charge < -0.3 is 4.74 Å². The van der Waals surface area contributed by atoms with E-state index in [-0.39, 0.29) is 33.1 Å². The van der Waals surface area contributed by atoms with Crippen LogP contribution < -0.4 is 4.74 Å². The molecule has 2 aliphatic rings. The third-order valence-corrected chi connectivity index (χ3v) is 7.39. The number of benzene rings is 3. The van der Waals surface area contributed by atoms with Gasteiger partial charge in [0.05, 0.1) is 32.9 Å². The smallest absolute Gasteiger partial charge is 0.343 e. The molecule has 1 heterocycles. The third-order valence-electron chi connectivity index (χ3n) is 7.06. The van der Waals surface area contributed by atoms with Gasteiger partial charge in [-0.25, -0.2) is 9.80 Å². The molecule has 0 N–H and O–H groups in total. The van der Waals surface area contributed by atoms with Crippen LogP contribution in [0.3, 0.4) is 0 Å². The molecule has 1 aliphatic carbocycles. The minimum Gasteiger partial charge on any atom is -0.423 e. The van der Waals surface area contributed by atoms with Crippen molar-refractivity contribution in [2.24, 2.45) is 11.8 Å². The van der Waals surface area contributed by atoms with Crippen molar-refractivity contribution in [2.75, 3.05) is 6.54 Å². The normalized spacial score (nSPS) is 17.5. The quantitative estimate of drug-likeness (QED) is 0.0704. The van der Waals surface area contributed by atoms with E-state index in [0.29, 0.717) is 12.8 Å². The maximum Gasteiger partial charge on any atom is 0.343 e. The maximum absolute atomic E-state index is 13.6. The summed E-state index contributed by atoms with van der Waals surface area (Å²) in [5, 5.41) is 12.5. The fourth-order valence-electron chi connectivity index (χ4n) is 4.85. The van der Waals surface area contributed by atoms with E-state index in [1.807, 2.05) is 12.2 Å². The Morgan fingerprint density at radius 1 is 0.881 bits per heavy atom. The van der Waals surface area contributed by atoms with Crippen molar-refractivity contribution in [3.63, 3.8) is 0 Å². The molecule has 11 nitrogen and oxygen atoms in total. The molecule has 0 saturated carbocycles. The van der Waals surface area contributed by atoms with E-state index in [4.69, 9.17) is 16.3 Å². The van der Waals surface area contributed by atoms with E-state index in [1.54, 1.807) is 12.1 Å². The number of amides is 3. The fourth-order valence-corrected chi connectivity index (χ4v) is 5.07. The lowest BCUT2D eigenvalue weighted by molar-refractivity contribution is -0.384. The molecule has 2 atom stereocenters. The highest BCUT2D eigenvalue weighted by Gasteiger charge is 2.51. The minimum absolute atomic E-state index is 0.0223. The predicted molar refractivity (Wildman–Crippen MR) is 149 cm³/mol. The summed E-state index contributed by atoms with van der Waals surface area (Å²) in [7, 11) is 0. The summed E-state index contributed by atoms with van der Waals surface area (Å²) in [6.45, 7) is -0.629. The molecule has 0 spiro atoms. The van der Waals surface area contributed by atoms with Crippen molar-refractivity contribution in [2.45, 2.75) is 12.8 Å². The van der Waals surface area contributed by atoms with E-state index < -0.39 is 52.8 Å². The number of allylic oxidation sites excluding steroid dienone is 2. The van der Waals surface area contributed by atoms with Crippen LogP contribution in [0.25, 0.3) is 0 Å². The molecule has 1 aliphatic heterocycles. The van der Waals surface area contributed by atoms with Crippen LogP contribution in [-0.4, -0.2) is 51.0 Å². The number of halogens is 1. The Hall–Kier alpha value is -5.16. The van der Waals surface area contributed by atoms with Gasteiger partial charge in [-0.2, -0.15) is 5.01 Å². The number of rotatable bonds is 8. The van der Waals surface area contributed by atoms with Gasteiger partial charge in [0.2, 0.25) is 0 Å². The number of ketones is 1. The Bertz CT molecular complexity index is 1610. The summed E-state index contributed by atoms with van der Waals surface area (Å²) in [5.74, 6) is -4.39. The summed E-state index contributed by atoms with van der Waals surface area (Å²) in [6, 6.07) is 16.5. The number of nitro groups is 1. The van der Waals surface area contributed by atoms with E-state index in [1.165, 1.54) is 60.7 Å². The van der Waals surface area contributed by atoms with Crippen LogP contribution in [0.2, 0.25) is 5.02 Å². The highest BCUT2D eigenvalue weighted by atomic mass is 35.5. The molecule has 42 heavy (non-hydrogen) atoms. The Kier molecular flexibility index (Phi) is 7.94. The second-order valence-corrected chi connectivity index (χ2v) is 10.0. The largest absolute Gasteiger partial charge is 0.423 e. The number of carbonyl (C=O) groups is 5. The van der Waals surface area contributed by atoms with Crippen molar-refractivity contribution >= 4 is 46.8 Å². The lowest BCUT2D eigenvalue weighted by atomic mass is 9.85. The summed E-state index contributed by atoms with van der Waals surface area (Å²) < 4.78 is 5.29. The van der Waals surface area contributed by atoms with E-state index in [2.05, 4.69) is 0 Å². The van der Waals surface area contributed by atoms with Crippen LogP contribution in [0, 0.1) is 22.0 Å². The summed E-state index contributed by atoms with van der Waals surface area (Å²) in [6.07, 6.45) is 4.34. The van der Waals surface area contributed by atoms with Gasteiger partial charge in [-0.1, -0.05) is 35.9 Å². The first-order valence-electron chi connectivity index (χ1n) is 12.8. The fraction of sp³-hybridized carbons (Fsp3) is 0.167. The summed E-state index contributed by atoms with van der Waals surface area (Å²) >= 11 is 6.24. The monoisotopic (exact) mass is 587 g/mol. The minimum atomic E-state index is -0.782. The number of hydrogen-bond acceptors (Lipinski definition) is 8. The van der Waals surface area contributed by atoms with Gasteiger partial charge in [0.15, 0.2) is 5.78 Å². The zero-order valence-electron chi connectivity index (χ0n) is 21.8. The molecule has 1 fully saturated rings. The number of carbonyl (C=O) groups excluding carboxylic acids is 5. The first-order valence-corrected chi connectivity index (χ1v) is 13.2. The lowest BCUT2D eigenvalue weighted by Crippen LogP contribution is -2.52. The van der Waals surface area contributed by atoms with Crippen molar-refractivity contribution in [1.82, 2.24) is 10.0 Å². The Morgan fingerprint density at radius 2 is 1.45 bits per heavy atom. The van der Waals surface area contributed by atoms with Gasteiger partial charge in [-0.15, -0.1) is 0 Å². The van der Waals surface area contributed by atoms with Crippen molar-refractivity contribution in [1.29, 1.82) is 0 Å². The highest BCUT2D eigenvalue weighted by molar-refractivity contribution is 6.34. The van der Waals surface area contributed by atoms with Crippen LogP contribution in [0.4, 0.5) is 5.69 Å². The number of hydrogen-bond donors (Lipinski definition) is 0. The van der Waals surface area contributed by atoms with E-state index >= 15 is 0 Å². The number of non-ortho nitro benzene ring substituents is 1. The van der Waals surface area contributed by atoms with Gasteiger partial charge in [-0.3, -0.25) is 29.3 Å². The van der Waals surface area contributed by atoms with Crippen LogP contribution in [0.15, 0.2) is 84.9 Å². The summed E-state index contributed by atoms with van der Waals surface area (Å²) in [5.41, 5.74) is 0.0590. The third kappa shape index (κ3) is 5.54. The number of nitrogens with zero attached hydrogens (tertiary/aromatic N) is 3. The molecule has 5 rings (SSSR count). The molecule has 0 radical (unpaired) electrons. The first kappa shape index (κ1) is 28.4. The van der Waals surface area contributed by atoms with Gasteiger partial charge in [0.25, 0.3) is 23.4 Å². The Balaban J connectivity index is 1.35. The molecular formula is C30H22ClN3O8. The second kappa shape index (κ2) is 11.8. The van der Waals surface area contributed by atoms with Crippen molar-refractivity contribution in [3.8, 4) is 5.75 Å². The van der Waals surface area contributed by atoms with Crippen LogP contribution in [0.1, 0.15) is 43.9 Å². The first-order chi connectivity index (χ1) is 20.2. The van der Waals surface area contributed by atoms with Gasteiger partial charge in [-0.05, 0) is 61.4 Å². The van der Waals surface area contributed by atoms with E-state index in [0.717, 1.165) is 10.0 Å². The molecule has 3 aromatic carbocycles. The number of hydrazine groups is 1. The Morgan fingerprint density at radius 3 is 2.02 bits per heavy atom. The number of imide groups is 1. The number of ether oxygens (including phenoxy) is 1. The lowest BCUT2D eigenvalue weighted by Gasteiger charge is -2.30. The van der Waals surface area contributed by atoms with Gasteiger partial charge in [0.1, 0.15) is 12.3 Å². The molecule has 0 aromatic heterocycles. The van der Waals surface area contributed by atoms with Crippen LogP contribution in [0.5, 0.6) is 5.75 Å². The zero-order chi connectivity index (χ0) is 30.0. The van der Waals surface area contributed by atoms with Crippen molar-refractivity contribution < 1.29 is 33.6 Å². The van der Waals surface area contributed by atoms with Gasteiger partial charge in [0, 0.05) is 17.7 Å². The number of fused-ring (bicyclic) bond motifs is 1. The maximum atomic E-state index is 13.6. The number of esters is 1. The average Bonchev–Trinajstić information content (AvgIpc) is 3.25.